The molecule has 106 valence electrons. The monoisotopic (exact) mass is 282 g/mol. The van der Waals surface area contributed by atoms with Crippen molar-refractivity contribution in [3.63, 3.8) is 0 Å². The third kappa shape index (κ3) is 4.18. The quantitative estimate of drug-likeness (QED) is 0.804. The smallest absolute Gasteiger partial charge is 0.166 e. The van der Waals surface area contributed by atoms with Crippen molar-refractivity contribution >= 4 is 17.3 Å². The first-order valence-electron chi connectivity index (χ1n) is 6.88. The van der Waals surface area contributed by atoms with Gasteiger partial charge in [-0.3, -0.25) is 4.68 Å². The predicted octanol–water partition coefficient (Wildman–Crippen LogP) is 1.61. The van der Waals surface area contributed by atoms with Crippen LogP contribution in [-0.2, 0) is 11.3 Å². The molecule has 1 aliphatic heterocycles. The van der Waals surface area contributed by atoms with Crippen LogP contribution in [0.3, 0.4) is 0 Å². The highest BCUT2D eigenvalue weighted by molar-refractivity contribution is 7.80. The van der Waals surface area contributed by atoms with Crippen LogP contribution in [0.4, 0.5) is 0 Å². The lowest BCUT2D eigenvalue weighted by Gasteiger charge is -2.17. The van der Waals surface area contributed by atoms with Crippen LogP contribution in [0.15, 0.2) is 12.3 Å². The molecule has 1 aromatic heterocycles. The van der Waals surface area contributed by atoms with Gasteiger partial charge in [0.05, 0.1) is 17.8 Å². The normalized spacial score (nSPS) is 20.2. The summed E-state index contributed by atoms with van der Waals surface area (Å²) in [5.41, 5.74) is 1.00. The molecule has 19 heavy (non-hydrogen) atoms. The minimum atomic E-state index is 0.109. The molecule has 0 amide bonds. The molecule has 0 saturated carbocycles. The fourth-order valence-electron chi connectivity index (χ4n) is 2.12. The van der Waals surface area contributed by atoms with Crippen molar-refractivity contribution in [3.05, 3.63) is 18.0 Å². The third-order valence-electron chi connectivity index (χ3n) is 3.29. The summed E-state index contributed by atoms with van der Waals surface area (Å²) < 4.78 is 7.46. The maximum absolute atomic E-state index is 5.55. The Kier molecular flexibility index (Phi) is 5.15. The largest absolute Gasteiger partial charge is 0.376 e. The predicted molar refractivity (Wildman–Crippen MR) is 79.0 cm³/mol. The van der Waals surface area contributed by atoms with E-state index in [-0.39, 0.29) is 6.04 Å². The van der Waals surface area contributed by atoms with Gasteiger partial charge in [-0.15, -0.1) is 0 Å². The maximum atomic E-state index is 5.55. The van der Waals surface area contributed by atoms with E-state index >= 15 is 0 Å². The van der Waals surface area contributed by atoms with E-state index in [9.17, 15) is 0 Å². The van der Waals surface area contributed by atoms with Gasteiger partial charge in [0.25, 0.3) is 0 Å². The van der Waals surface area contributed by atoms with Crippen LogP contribution in [0, 0.1) is 0 Å². The second-order valence-electron chi connectivity index (χ2n) is 4.81. The first-order valence-corrected chi connectivity index (χ1v) is 7.29. The summed E-state index contributed by atoms with van der Waals surface area (Å²) in [7, 11) is 0. The molecular weight excluding hydrogens is 260 g/mol. The molecule has 2 heterocycles. The number of hydrogen-bond acceptors (Lipinski definition) is 3. The van der Waals surface area contributed by atoms with Gasteiger partial charge in [0, 0.05) is 25.9 Å². The van der Waals surface area contributed by atoms with E-state index in [1.807, 2.05) is 16.9 Å². The van der Waals surface area contributed by atoms with E-state index in [2.05, 4.69) is 29.6 Å². The lowest BCUT2D eigenvalue weighted by molar-refractivity contribution is 0.114. The topological polar surface area (TPSA) is 51.1 Å². The second kappa shape index (κ2) is 6.86. The Labute approximate surface area is 119 Å². The van der Waals surface area contributed by atoms with E-state index in [0.717, 1.165) is 38.2 Å². The standard InChI is InChI=1S/C13H22N4OS/c1-3-17-7-6-12(16-17)10(2)15-13(19)14-9-11-5-4-8-18-11/h6-7,10-11H,3-5,8-9H2,1-2H3,(H2,14,15,19). The average Bonchev–Trinajstić information content (AvgIpc) is 3.07. The molecule has 2 rings (SSSR count). The molecule has 1 aliphatic rings. The van der Waals surface area contributed by atoms with Crippen molar-refractivity contribution in [2.75, 3.05) is 13.2 Å². The summed E-state index contributed by atoms with van der Waals surface area (Å²) in [6, 6.07) is 2.13. The zero-order chi connectivity index (χ0) is 13.7. The van der Waals surface area contributed by atoms with Crippen molar-refractivity contribution in [3.8, 4) is 0 Å². The first-order chi connectivity index (χ1) is 9.19. The highest BCUT2D eigenvalue weighted by Crippen LogP contribution is 2.11. The minimum absolute atomic E-state index is 0.109. The fourth-order valence-corrected chi connectivity index (χ4v) is 2.38. The number of ether oxygens (including phenoxy) is 1. The van der Waals surface area contributed by atoms with Gasteiger partial charge in [-0.25, -0.2) is 0 Å². The second-order valence-corrected chi connectivity index (χ2v) is 5.22. The van der Waals surface area contributed by atoms with Gasteiger partial charge in [0.1, 0.15) is 0 Å². The number of nitrogens with one attached hydrogen (secondary N) is 2. The zero-order valence-corrected chi connectivity index (χ0v) is 12.4. The molecule has 0 bridgehead atoms. The summed E-state index contributed by atoms with van der Waals surface area (Å²) in [5.74, 6) is 0. The summed E-state index contributed by atoms with van der Waals surface area (Å²) in [5, 5.41) is 11.6. The van der Waals surface area contributed by atoms with Gasteiger partial charge in [0.2, 0.25) is 0 Å². The van der Waals surface area contributed by atoms with Crippen LogP contribution in [0.25, 0.3) is 0 Å². The Balaban J connectivity index is 1.74. The van der Waals surface area contributed by atoms with Crippen molar-refractivity contribution in [1.29, 1.82) is 0 Å². The number of aryl methyl sites for hydroxylation is 1. The molecule has 0 aliphatic carbocycles. The van der Waals surface area contributed by atoms with Crippen LogP contribution < -0.4 is 10.6 Å². The Bertz CT molecular complexity index is 415. The minimum Gasteiger partial charge on any atom is -0.376 e. The van der Waals surface area contributed by atoms with E-state index in [0.29, 0.717) is 11.2 Å². The molecular formula is C13H22N4OS. The molecule has 5 nitrogen and oxygen atoms in total. The Morgan fingerprint density at radius 1 is 1.68 bits per heavy atom. The van der Waals surface area contributed by atoms with E-state index < -0.39 is 0 Å². The molecule has 6 heteroatoms. The zero-order valence-electron chi connectivity index (χ0n) is 11.6. The van der Waals surface area contributed by atoms with Gasteiger partial charge in [-0.1, -0.05) is 0 Å². The van der Waals surface area contributed by atoms with Crippen LogP contribution in [0.1, 0.15) is 38.4 Å². The van der Waals surface area contributed by atoms with Crippen molar-refractivity contribution < 1.29 is 4.74 Å². The fraction of sp³-hybridized carbons (Fsp3) is 0.692. The molecule has 0 radical (unpaired) electrons. The van der Waals surface area contributed by atoms with E-state index in [1.165, 1.54) is 0 Å². The first kappa shape index (κ1) is 14.3. The number of thiocarbonyl (C=S) groups is 1. The van der Waals surface area contributed by atoms with Gasteiger partial charge in [0.15, 0.2) is 5.11 Å². The van der Waals surface area contributed by atoms with Crippen molar-refractivity contribution in [2.24, 2.45) is 0 Å². The van der Waals surface area contributed by atoms with Crippen molar-refractivity contribution in [1.82, 2.24) is 20.4 Å². The number of aromatic nitrogens is 2. The SMILES string of the molecule is CCn1ccc(C(C)NC(=S)NCC2CCCO2)n1. The van der Waals surface area contributed by atoms with E-state index in [4.69, 9.17) is 17.0 Å². The molecule has 0 aromatic carbocycles. The van der Waals surface area contributed by atoms with Crippen LogP contribution in [0.5, 0.6) is 0 Å². The molecule has 2 atom stereocenters. The number of nitrogens with zero attached hydrogens (tertiary/aromatic N) is 2. The molecule has 1 aromatic rings. The molecule has 2 unspecified atom stereocenters. The van der Waals surface area contributed by atoms with Crippen LogP contribution >= 0.6 is 12.2 Å². The molecule has 0 spiro atoms. The Morgan fingerprint density at radius 2 is 2.53 bits per heavy atom. The van der Waals surface area contributed by atoms with Gasteiger partial charge >= 0.3 is 0 Å². The van der Waals surface area contributed by atoms with E-state index in [1.54, 1.807) is 0 Å². The molecule has 1 fully saturated rings. The lowest BCUT2D eigenvalue weighted by atomic mass is 10.2. The number of hydrogen-bond donors (Lipinski definition) is 2. The van der Waals surface area contributed by atoms with Gasteiger partial charge < -0.3 is 15.4 Å². The maximum Gasteiger partial charge on any atom is 0.166 e. The highest BCUT2D eigenvalue weighted by atomic mass is 32.1. The molecule has 1 saturated heterocycles. The third-order valence-corrected chi connectivity index (χ3v) is 3.55. The Hall–Kier alpha value is -1.14. The van der Waals surface area contributed by atoms with Crippen LogP contribution in [0.2, 0.25) is 0 Å². The number of rotatable bonds is 5. The molecule has 2 N–H and O–H groups in total. The van der Waals surface area contributed by atoms with Gasteiger partial charge in [-0.2, -0.15) is 5.10 Å². The lowest BCUT2D eigenvalue weighted by Crippen LogP contribution is -2.40. The van der Waals surface area contributed by atoms with Crippen LogP contribution in [-0.4, -0.2) is 34.1 Å². The average molecular weight is 282 g/mol. The van der Waals surface area contributed by atoms with Crippen molar-refractivity contribution in [2.45, 2.75) is 45.4 Å². The highest BCUT2D eigenvalue weighted by Gasteiger charge is 2.16. The Morgan fingerprint density at radius 3 is 3.16 bits per heavy atom. The summed E-state index contributed by atoms with van der Waals surface area (Å²) >= 11 is 5.29. The van der Waals surface area contributed by atoms with Gasteiger partial charge in [-0.05, 0) is 45.0 Å². The summed E-state index contributed by atoms with van der Waals surface area (Å²) in [6.07, 6.45) is 4.55. The summed E-state index contributed by atoms with van der Waals surface area (Å²) in [4.78, 5) is 0. The summed E-state index contributed by atoms with van der Waals surface area (Å²) in [6.45, 7) is 6.67.